The van der Waals surface area contributed by atoms with E-state index in [9.17, 15) is 14.4 Å². The molecule has 0 aliphatic carbocycles. The fourth-order valence-electron chi connectivity index (χ4n) is 3.22. The Kier molecular flexibility index (Phi) is 6.95. The molecule has 6 nitrogen and oxygen atoms in total. The standard InChI is InChI=1S/C20H27N3O3/c1-14(2)18(20(26)23-13-7-11-16(23)19(21)25)22-17(24)12-6-10-15-8-4-3-5-9-15/h3-5,8-9,16,18H,1,6-7,10-13H2,2H3,(H2,21,25)(H,22,24)/t16-,18-/m0/s1. The Morgan fingerprint density at radius 3 is 2.62 bits per heavy atom. The molecule has 1 aromatic carbocycles. The second kappa shape index (κ2) is 9.17. The second-order valence-corrected chi connectivity index (χ2v) is 6.78. The molecule has 1 fully saturated rings. The van der Waals surface area contributed by atoms with Crippen LogP contribution in [-0.2, 0) is 20.8 Å². The Balaban J connectivity index is 1.90. The van der Waals surface area contributed by atoms with E-state index in [-0.39, 0.29) is 11.8 Å². The minimum absolute atomic E-state index is 0.197. The predicted molar refractivity (Wildman–Crippen MR) is 100 cm³/mol. The lowest BCUT2D eigenvalue weighted by Crippen LogP contribution is -2.53. The van der Waals surface area contributed by atoms with Gasteiger partial charge in [-0.25, -0.2) is 0 Å². The zero-order valence-electron chi connectivity index (χ0n) is 15.2. The van der Waals surface area contributed by atoms with E-state index >= 15 is 0 Å². The number of amides is 3. The number of rotatable bonds is 8. The molecule has 1 aliphatic heterocycles. The van der Waals surface area contributed by atoms with E-state index < -0.39 is 18.0 Å². The van der Waals surface area contributed by atoms with Gasteiger partial charge in [-0.15, -0.1) is 0 Å². The third-order valence-electron chi connectivity index (χ3n) is 4.62. The van der Waals surface area contributed by atoms with Crippen molar-refractivity contribution in [2.45, 2.75) is 51.1 Å². The number of hydrogen-bond acceptors (Lipinski definition) is 3. The molecule has 0 saturated carbocycles. The molecular weight excluding hydrogens is 330 g/mol. The highest BCUT2D eigenvalue weighted by atomic mass is 16.2. The summed E-state index contributed by atoms with van der Waals surface area (Å²) < 4.78 is 0. The monoisotopic (exact) mass is 357 g/mol. The first-order chi connectivity index (χ1) is 12.4. The van der Waals surface area contributed by atoms with Crippen molar-refractivity contribution in [2.24, 2.45) is 5.73 Å². The molecule has 26 heavy (non-hydrogen) atoms. The molecule has 0 unspecified atom stereocenters. The summed E-state index contributed by atoms with van der Waals surface area (Å²) in [6, 6.07) is 8.52. The van der Waals surface area contributed by atoms with E-state index in [1.165, 1.54) is 10.5 Å². The van der Waals surface area contributed by atoms with E-state index in [1.54, 1.807) is 6.92 Å². The zero-order valence-corrected chi connectivity index (χ0v) is 15.2. The van der Waals surface area contributed by atoms with Gasteiger partial charge in [-0.1, -0.05) is 36.9 Å². The maximum atomic E-state index is 12.8. The molecule has 140 valence electrons. The van der Waals surface area contributed by atoms with Gasteiger partial charge in [0.05, 0.1) is 0 Å². The first-order valence-corrected chi connectivity index (χ1v) is 8.98. The molecule has 1 aromatic rings. The Hall–Kier alpha value is -2.63. The van der Waals surface area contributed by atoms with Crippen LogP contribution in [0.25, 0.3) is 0 Å². The van der Waals surface area contributed by atoms with Crippen LogP contribution in [0.2, 0.25) is 0 Å². The van der Waals surface area contributed by atoms with Crippen molar-refractivity contribution in [1.29, 1.82) is 0 Å². The summed E-state index contributed by atoms with van der Waals surface area (Å²) in [7, 11) is 0. The number of nitrogens with two attached hydrogens (primary N) is 1. The largest absolute Gasteiger partial charge is 0.368 e. The number of carbonyl (C=O) groups excluding carboxylic acids is 3. The molecule has 0 bridgehead atoms. The Morgan fingerprint density at radius 2 is 2.00 bits per heavy atom. The molecule has 0 spiro atoms. The molecule has 0 aromatic heterocycles. The number of likely N-dealkylation sites (tertiary alicyclic amines) is 1. The second-order valence-electron chi connectivity index (χ2n) is 6.78. The topological polar surface area (TPSA) is 92.5 Å². The van der Waals surface area contributed by atoms with E-state index in [0.717, 1.165) is 12.8 Å². The Labute approximate surface area is 154 Å². The Bertz CT molecular complexity index is 672. The van der Waals surface area contributed by atoms with Crippen molar-refractivity contribution in [3.8, 4) is 0 Å². The van der Waals surface area contributed by atoms with Crippen LogP contribution < -0.4 is 11.1 Å². The zero-order chi connectivity index (χ0) is 19.1. The molecule has 1 aliphatic rings. The van der Waals surface area contributed by atoms with Crippen molar-refractivity contribution < 1.29 is 14.4 Å². The normalized spacial score (nSPS) is 17.6. The van der Waals surface area contributed by atoms with E-state index in [4.69, 9.17) is 5.73 Å². The highest BCUT2D eigenvalue weighted by Crippen LogP contribution is 2.19. The van der Waals surface area contributed by atoms with Crippen LogP contribution in [0.4, 0.5) is 0 Å². The lowest BCUT2D eigenvalue weighted by molar-refractivity contribution is -0.139. The molecule has 0 radical (unpaired) electrons. The first-order valence-electron chi connectivity index (χ1n) is 8.98. The van der Waals surface area contributed by atoms with Crippen LogP contribution in [0.1, 0.15) is 38.2 Å². The quantitative estimate of drug-likeness (QED) is 0.691. The van der Waals surface area contributed by atoms with Gasteiger partial charge < -0.3 is 16.0 Å². The fraction of sp³-hybridized carbons (Fsp3) is 0.450. The van der Waals surface area contributed by atoms with Crippen LogP contribution in [-0.4, -0.2) is 41.2 Å². The van der Waals surface area contributed by atoms with Crippen molar-refractivity contribution >= 4 is 17.7 Å². The minimum Gasteiger partial charge on any atom is -0.368 e. The van der Waals surface area contributed by atoms with Crippen molar-refractivity contribution in [2.75, 3.05) is 6.54 Å². The van der Waals surface area contributed by atoms with E-state index in [2.05, 4.69) is 11.9 Å². The van der Waals surface area contributed by atoms with Crippen molar-refractivity contribution in [3.05, 3.63) is 48.0 Å². The van der Waals surface area contributed by atoms with Crippen LogP contribution in [0.15, 0.2) is 42.5 Å². The van der Waals surface area contributed by atoms with Gasteiger partial charge in [0.2, 0.25) is 17.7 Å². The summed E-state index contributed by atoms with van der Waals surface area (Å²) in [5, 5.41) is 2.76. The van der Waals surface area contributed by atoms with Gasteiger partial charge >= 0.3 is 0 Å². The van der Waals surface area contributed by atoms with E-state index in [0.29, 0.717) is 31.4 Å². The van der Waals surface area contributed by atoms with Crippen LogP contribution in [0, 0.1) is 0 Å². The van der Waals surface area contributed by atoms with Gasteiger partial charge in [0, 0.05) is 13.0 Å². The summed E-state index contributed by atoms with van der Waals surface area (Å²) >= 11 is 0. The van der Waals surface area contributed by atoms with Gasteiger partial charge in [-0.3, -0.25) is 14.4 Å². The lowest BCUT2D eigenvalue weighted by Gasteiger charge is -2.28. The van der Waals surface area contributed by atoms with Crippen molar-refractivity contribution in [3.63, 3.8) is 0 Å². The number of hydrogen-bond donors (Lipinski definition) is 2. The lowest BCUT2D eigenvalue weighted by atomic mass is 10.1. The smallest absolute Gasteiger partial charge is 0.250 e. The number of aryl methyl sites for hydroxylation is 1. The third kappa shape index (κ3) is 5.18. The third-order valence-corrected chi connectivity index (χ3v) is 4.62. The average molecular weight is 357 g/mol. The van der Waals surface area contributed by atoms with Gasteiger partial charge in [-0.05, 0) is 43.7 Å². The number of primary amides is 1. The number of benzene rings is 1. The SMILES string of the molecule is C=C(C)[C@H](NC(=O)CCCc1ccccc1)C(=O)N1CCC[C@H]1C(N)=O. The molecule has 1 saturated heterocycles. The maximum absolute atomic E-state index is 12.8. The summed E-state index contributed by atoms with van der Waals surface area (Å²) in [5.41, 5.74) is 7.10. The summed E-state index contributed by atoms with van der Waals surface area (Å²) in [6.45, 7) is 5.99. The fourth-order valence-corrected chi connectivity index (χ4v) is 3.22. The van der Waals surface area contributed by atoms with Gasteiger partial charge in [0.25, 0.3) is 0 Å². The predicted octanol–water partition coefficient (Wildman–Crippen LogP) is 1.55. The van der Waals surface area contributed by atoms with Gasteiger partial charge in [-0.2, -0.15) is 0 Å². The number of nitrogens with zero attached hydrogens (tertiary/aromatic N) is 1. The first kappa shape index (κ1) is 19.7. The minimum atomic E-state index is -0.820. The molecule has 1 heterocycles. The highest BCUT2D eigenvalue weighted by molar-refractivity contribution is 5.93. The molecule has 2 atom stereocenters. The highest BCUT2D eigenvalue weighted by Gasteiger charge is 2.36. The van der Waals surface area contributed by atoms with Gasteiger partial charge in [0.15, 0.2) is 0 Å². The van der Waals surface area contributed by atoms with Crippen LogP contribution >= 0.6 is 0 Å². The summed E-state index contributed by atoms with van der Waals surface area (Å²) in [6.07, 6.45) is 3.11. The number of carbonyl (C=O) groups is 3. The maximum Gasteiger partial charge on any atom is 0.250 e. The van der Waals surface area contributed by atoms with E-state index in [1.807, 2.05) is 30.3 Å². The molecule has 3 N–H and O–H groups in total. The molecule has 6 heteroatoms. The van der Waals surface area contributed by atoms with Gasteiger partial charge in [0.1, 0.15) is 12.1 Å². The average Bonchev–Trinajstić information content (AvgIpc) is 3.10. The summed E-state index contributed by atoms with van der Waals surface area (Å²) in [4.78, 5) is 38.0. The number of nitrogens with one attached hydrogen (secondary N) is 1. The molecular formula is C20H27N3O3. The Morgan fingerprint density at radius 1 is 1.31 bits per heavy atom. The summed E-state index contributed by atoms with van der Waals surface area (Å²) in [5.74, 6) is -1.02. The molecule has 3 amide bonds. The van der Waals surface area contributed by atoms with Crippen LogP contribution in [0.3, 0.4) is 0 Å². The molecule has 2 rings (SSSR count). The van der Waals surface area contributed by atoms with Crippen LogP contribution in [0.5, 0.6) is 0 Å². The van der Waals surface area contributed by atoms with Crippen molar-refractivity contribution in [1.82, 2.24) is 10.2 Å².